The van der Waals surface area contributed by atoms with Gasteiger partial charge < -0.3 is 15.2 Å². The number of carbonyl (C=O) groups is 1. The second kappa shape index (κ2) is 10.6. The fourth-order valence-corrected chi connectivity index (χ4v) is 4.26. The van der Waals surface area contributed by atoms with Crippen LogP contribution in [-0.2, 0) is 26.8 Å². The quantitative estimate of drug-likeness (QED) is 0.304. The molecule has 1 saturated carbocycles. The van der Waals surface area contributed by atoms with E-state index in [-0.39, 0.29) is 16.8 Å². The zero-order chi connectivity index (χ0) is 23.2. The maximum Gasteiger partial charge on any atom is 0.332 e. The van der Waals surface area contributed by atoms with Crippen LogP contribution in [-0.4, -0.2) is 23.7 Å². The third-order valence-electron chi connectivity index (χ3n) is 6.01. The molecule has 0 atom stereocenters. The zero-order valence-electron chi connectivity index (χ0n) is 20.7. The van der Waals surface area contributed by atoms with Gasteiger partial charge in [0.2, 0.25) is 0 Å². The number of aryl methyl sites for hydroxylation is 1. The molecule has 0 heterocycles. The number of esters is 1. The summed E-state index contributed by atoms with van der Waals surface area (Å²) in [6.45, 7) is 15.1. The van der Waals surface area contributed by atoms with E-state index in [1.165, 1.54) is 37.7 Å². The van der Waals surface area contributed by atoms with Crippen molar-refractivity contribution < 1.29 is 14.6 Å². The molecule has 0 aromatic heterocycles. The molecule has 2 rings (SSSR count). The van der Waals surface area contributed by atoms with E-state index >= 15 is 0 Å². The first-order valence-corrected chi connectivity index (χ1v) is 11.9. The van der Waals surface area contributed by atoms with Crippen molar-refractivity contribution in [2.75, 3.05) is 6.61 Å². The number of rotatable bonds is 7. The number of allylic oxidation sites excluding steroid dienone is 1. The molecule has 1 aromatic rings. The Kier molecular flexibility index (Phi) is 8.62. The number of phenolic OH excluding ortho intramolecular Hbond substituents is 1. The molecule has 0 radical (unpaired) electrons. The molecule has 1 aromatic carbocycles. The Balaban J connectivity index is 1.92. The molecule has 0 amide bonds. The number of phenols is 1. The minimum Gasteiger partial charge on any atom is -0.507 e. The van der Waals surface area contributed by atoms with Crippen LogP contribution < -0.4 is 5.32 Å². The van der Waals surface area contributed by atoms with E-state index in [0.29, 0.717) is 18.4 Å². The first kappa shape index (κ1) is 25.3. The van der Waals surface area contributed by atoms with Crippen LogP contribution in [0.2, 0.25) is 0 Å². The molecule has 0 bridgehead atoms. The molecule has 4 heteroatoms. The van der Waals surface area contributed by atoms with Gasteiger partial charge in [-0.2, -0.15) is 0 Å². The molecule has 0 aliphatic heterocycles. The van der Waals surface area contributed by atoms with Crippen LogP contribution in [0.15, 0.2) is 23.9 Å². The molecule has 4 nitrogen and oxygen atoms in total. The van der Waals surface area contributed by atoms with Crippen molar-refractivity contribution in [1.82, 2.24) is 5.32 Å². The molecule has 0 saturated heterocycles. The third-order valence-corrected chi connectivity index (χ3v) is 6.01. The molecule has 0 unspecified atom stereocenters. The van der Waals surface area contributed by atoms with E-state index in [4.69, 9.17) is 4.74 Å². The van der Waals surface area contributed by atoms with Crippen LogP contribution in [0.25, 0.3) is 0 Å². The van der Waals surface area contributed by atoms with Crippen LogP contribution >= 0.6 is 0 Å². The SMILES string of the molecule is C/C(=C/C(=O)OCCCc1cc(C(C)(C)C)c(O)c(C(C)(C)C)c1)NC1CCCCC1. The van der Waals surface area contributed by atoms with Gasteiger partial charge in [-0.05, 0) is 60.1 Å². The molecule has 174 valence electrons. The van der Waals surface area contributed by atoms with Crippen molar-refractivity contribution >= 4 is 5.97 Å². The Bertz CT molecular complexity index is 740. The van der Waals surface area contributed by atoms with Crippen LogP contribution in [0, 0.1) is 0 Å². The van der Waals surface area contributed by atoms with Gasteiger partial charge in [-0.1, -0.05) is 72.9 Å². The topological polar surface area (TPSA) is 58.6 Å². The lowest BCUT2D eigenvalue weighted by atomic mass is 9.78. The first-order chi connectivity index (χ1) is 14.4. The smallest absolute Gasteiger partial charge is 0.332 e. The maximum atomic E-state index is 12.2. The number of hydrogen-bond donors (Lipinski definition) is 2. The number of benzene rings is 1. The van der Waals surface area contributed by atoms with Crippen molar-refractivity contribution in [3.63, 3.8) is 0 Å². The first-order valence-electron chi connectivity index (χ1n) is 11.9. The molecule has 1 aliphatic rings. The van der Waals surface area contributed by atoms with Gasteiger partial charge >= 0.3 is 5.97 Å². The van der Waals surface area contributed by atoms with E-state index < -0.39 is 0 Å². The summed E-state index contributed by atoms with van der Waals surface area (Å²) in [6.07, 6.45) is 9.35. The van der Waals surface area contributed by atoms with Gasteiger partial charge in [0.25, 0.3) is 0 Å². The highest BCUT2D eigenvalue weighted by atomic mass is 16.5. The summed E-state index contributed by atoms with van der Waals surface area (Å²) in [5.41, 5.74) is 3.73. The molecule has 2 N–H and O–H groups in total. The minimum absolute atomic E-state index is 0.139. The molecular formula is C27H43NO3. The van der Waals surface area contributed by atoms with Crippen molar-refractivity contribution in [1.29, 1.82) is 0 Å². The van der Waals surface area contributed by atoms with E-state index in [9.17, 15) is 9.90 Å². The fraction of sp³-hybridized carbons (Fsp3) is 0.667. The minimum atomic E-state index is -0.280. The summed E-state index contributed by atoms with van der Waals surface area (Å²) in [5.74, 6) is 0.124. The van der Waals surface area contributed by atoms with Crippen molar-refractivity contribution in [2.24, 2.45) is 0 Å². The Hall–Kier alpha value is -1.97. The lowest BCUT2D eigenvalue weighted by Gasteiger charge is -2.28. The van der Waals surface area contributed by atoms with Gasteiger partial charge in [-0.15, -0.1) is 0 Å². The van der Waals surface area contributed by atoms with Crippen LogP contribution in [0.3, 0.4) is 0 Å². The van der Waals surface area contributed by atoms with Crippen LogP contribution in [0.5, 0.6) is 5.75 Å². The summed E-state index contributed by atoms with van der Waals surface area (Å²) in [5, 5.41) is 14.3. The number of aromatic hydroxyl groups is 1. The van der Waals surface area contributed by atoms with E-state index in [1.807, 2.05) is 6.92 Å². The summed E-state index contributed by atoms with van der Waals surface area (Å²) in [6, 6.07) is 4.69. The van der Waals surface area contributed by atoms with Gasteiger partial charge in [-0.25, -0.2) is 4.79 Å². The largest absolute Gasteiger partial charge is 0.507 e. The summed E-state index contributed by atoms with van der Waals surface area (Å²) < 4.78 is 5.44. The highest BCUT2D eigenvalue weighted by Gasteiger charge is 2.26. The number of carbonyl (C=O) groups excluding carboxylic acids is 1. The third kappa shape index (κ3) is 7.90. The summed E-state index contributed by atoms with van der Waals surface area (Å²) in [4.78, 5) is 12.2. The Morgan fingerprint density at radius 2 is 1.61 bits per heavy atom. The number of hydrogen-bond acceptors (Lipinski definition) is 4. The van der Waals surface area contributed by atoms with E-state index in [0.717, 1.165) is 29.7 Å². The highest BCUT2D eigenvalue weighted by molar-refractivity contribution is 5.82. The second-order valence-corrected chi connectivity index (χ2v) is 11.1. The monoisotopic (exact) mass is 429 g/mol. The van der Waals surface area contributed by atoms with Gasteiger partial charge in [0.05, 0.1) is 6.61 Å². The maximum absolute atomic E-state index is 12.2. The number of nitrogens with one attached hydrogen (secondary N) is 1. The summed E-state index contributed by atoms with van der Waals surface area (Å²) >= 11 is 0. The molecule has 31 heavy (non-hydrogen) atoms. The predicted molar refractivity (Wildman–Crippen MR) is 129 cm³/mol. The predicted octanol–water partition coefficient (Wildman–Crippen LogP) is 6.29. The average Bonchev–Trinajstić information content (AvgIpc) is 2.65. The molecule has 0 spiro atoms. The average molecular weight is 430 g/mol. The van der Waals surface area contributed by atoms with Crippen LogP contribution in [0.1, 0.15) is 104 Å². The van der Waals surface area contributed by atoms with E-state index in [1.54, 1.807) is 6.08 Å². The van der Waals surface area contributed by atoms with Crippen LogP contribution in [0.4, 0.5) is 0 Å². The standard InChI is InChI=1S/C27H43NO3/c1-19(28-21-13-9-8-10-14-21)16-24(29)31-15-11-12-20-17-22(26(2,3)4)25(30)23(18-20)27(5,6)7/h16-18,21,28,30H,8-15H2,1-7H3/b19-16-. The van der Waals surface area contributed by atoms with Crippen molar-refractivity contribution in [3.05, 3.63) is 40.6 Å². The van der Waals surface area contributed by atoms with Gasteiger partial charge in [0.15, 0.2) is 0 Å². The normalized spacial score (nSPS) is 16.3. The zero-order valence-corrected chi connectivity index (χ0v) is 20.7. The highest BCUT2D eigenvalue weighted by Crippen LogP contribution is 2.40. The Labute approximate surface area is 189 Å². The Morgan fingerprint density at radius 3 is 2.13 bits per heavy atom. The van der Waals surface area contributed by atoms with Gasteiger partial charge in [0.1, 0.15) is 5.75 Å². The lowest BCUT2D eigenvalue weighted by Crippen LogP contribution is -2.29. The van der Waals surface area contributed by atoms with Gasteiger partial charge in [0, 0.05) is 17.8 Å². The molecule has 1 fully saturated rings. The van der Waals surface area contributed by atoms with E-state index in [2.05, 4.69) is 59.0 Å². The fourth-order valence-electron chi connectivity index (χ4n) is 4.26. The second-order valence-electron chi connectivity index (χ2n) is 11.1. The van der Waals surface area contributed by atoms with Crippen molar-refractivity contribution in [2.45, 2.75) is 110 Å². The van der Waals surface area contributed by atoms with Gasteiger partial charge in [-0.3, -0.25) is 0 Å². The lowest BCUT2D eigenvalue weighted by molar-refractivity contribution is -0.137. The summed E-state index contributed by atoms with van der Waals surface area (Å²) in [7, 11) is 0. The Morgan fingerprint density at radius 1 is 1.06 bits per heavy atom. The molecule has 1 aliphatic carbocycles. The number of ether oxygens (including phenoxy) is 1. The molecular weight excluding hydrogens is 386 g/mol. The van der Waals surface area contributed by atoms with Crippen molar-refractivity contribution in [3.8, 4) is 5.75 Å².